The van der Waals surface area contributed by atoms with Crippen molar-refractivity contribution in [3.63, 3.8) is 0 Å². The molecule has 9 heteroatoms. The first-order chi connectivity index (χ1) is 15.8. The van der Waals surface area contributed by atoms with Gasteiger partial charge in [-0.05, 0) is 44.2 Å². The molecular weight excluding hydrogens is 470 g/mol. The summed E-state index contributed by atoms with van der Waals surface area (Å²) in [6.45, 7) is 4.55. The van der Waals surface area contributed by atoms with E-state index >= 15 is 0 Å². The smallest absolute Gasteiger partial charge is 0.286 e. The van der Waals surface area contributed by atoms with Gasteiger partial charge < -0.3 is 9.47 Å². The molecule has 0 radical (unpaired) electrons. The number of allylic oxidation sites excluding steroid dienone is 2. The molecule has 4 rings (SSSR count). The third kappa shape index (κ3) is 4.86. The number of carbonyl (C=O) groups is 1. The van der Waals surface area contributed by atoms with Crippen molar-refractivity contribution in [2.75, 3.05) is 18.1 Å². The van der Waals surface area contributed by atoms with Gasteiger partial charge in [0.2, 0.25) is 5.91 Å². The Hall–Kier alpha value is -2.97. The summed E-state index contributed by atoms with van der Waals surface area (Å²) in [5.41, 5.74) is 1.18. The van der Waals surface area contributed by atoms with Crippen LogP contribution in [0.5, 0.6) is 11.5 Å². The molecule has 2 aromatic carbocycles. The molecular formula is C24H21ClF2N2O3S. The van der Waals surface area contributed by atoms with Crippen molar-refractivity contribution >= 4 is 49.9 Å². The van der Waals surface area contributed by atoms with Crippen LogP contribution in [0, 0.1) is 5.92 Å². The number of nitrogens with zero attached hydrogens (tertiary/aromatic N) is 2. The highest BCUT2D eigenvalue weighted by atomic mass is 35.5. The Morgan fingerprint density at radius 2 is 1.88 bits per heavy atom. The topological polar surface area (TPSA) is 51.7 Å². The van der Waals surface area contributed by atoms with Gasteiger partial charge in [-0.3, -0.25) is 9.69 Å². The van der Waals surface area contributed by atoms with Crippen molar-refractivity contribution in [2.24, 2.45) is 5.92 Å². The number of rotatable bonds is 7. The highest BCUT2D eigenvalue weighted by Crippen LogP contribution is 2.41. The quantitative estimate of drug-likeness (QED) is 0.346. The Morgan fingerprint density at radius 1 is 1.15 bits per heavy atom. The lowest BCUT2D eigenvalue weighted by atomic mass is 9.99. The average molecular weight is 491 g/mol. The van der Waals surface area contributed by atoms with E-state index in [1.165, 1.54) is 16.2 Å². The Balaban J connectivity index is 1.82. The number of anilines is 2. The number of alkyl halides is 2. The zero-order valence-corrected chi connectivity index (χ0v) is 19.5. The standard InChI is InChI=1S/C24H21ClF2N2O3S/c1-3-31-19-10-9-15(13-20(19)32-4-2)29(23-28-18-7-5-6-8-21(18)33-23)22(30)16-11-12-24(26,27)14-17(16)25/h5-14,16H,3-4H2,1-2H3. The largest absolute Gasteiger partial charge is 0.490 e. The molecule has 0 saturated carbocycles. The lowest BCUT2D eigenvalue weighted by Gasteiger charge is -2.26. The van der Waals surface area contributed by atoms with Crippen LogP contribution in [0.15, 0.2) is 65.7 Å². The molecule has 0 aliphatic heterocycles. The van der Waals surface area contributed by atoms with Gasteiger partial charge >= 0.3 is 0 Å². The number of halogens is 3. The van der Waals surface area contributed by atoms with Gasteiger partial charge in [0, 0.05) is 17.2 Å². The lowest BCUT2D eigenvalue weighted by molar-refractivity contribution is -0.119. The van der Waals surface area contributed by atoms with E-state index in [0.29, 0.717) is 47.7 Å². The van der Waals surface area contributed by atoms with Crippen LogP contribution in [0.1, 0.15) is 13.8 Å². The number of ether oxygens (including phenoxy) is 2. The minimum absolute atomic E-state index is 0.241. The van der Waals surface area contributed by atoms with E-state index in [2.05, 4.69) is 4.98 Å². The van der Waals surface area contributed by atoms with Crippen molar-refractivity contribution < 1.29 is 23.0 Å². The molecule has 0 bridgehead atoms. The molecule has 172 valence electrons. The summed E-state index contributed by atoms with van der Waals surface area (Å²) >= 11 is 7.44. The van der Waals surface area contributed by atoms with Crippen molar-refractivity contribution in [2.45, 2.75) is 19.8 Å². The summed E-state index contributed by atoms with van der Waals surface area (Å²) in [5, 5.41) is 0.151. The fraction of sp³-hybridized carbons (Fsp3) is 0.250. The van der Waals surface area contributed by atoms with Crippen molar-refractivity contribution in [3.8, 4) is 11.5 Å². The zero-order valence-electron chi connectivity index (χ0n) is 17.9. The Kier molecular flexibility index (Phi) is 6.67. The molecule has 1 heterocycles. The molecule has 1 amide bonds. The summed E-state index contributed by atoms with van der Waals surface area (Å²) < 4.78 is 39.7. The third-order valence-electron chi connectivity index (χ3n) is 4.88. The van der Waals surface area contributed by atoms with E-state index in [0.717, 1.165) is 16.3 Å². The maximum Gasteiger partial charge on any atom is 0.286 e. The fourth-order valence-electron chi connectivity index (χ4n) is 3.44. The van der Waals surface area contributed by atoms with E-state index in [1.54, 1.807) is 18.2 Å². The predicted molar refractivity (Wildman–Crippen MR) is 127 cm³/mol. The zero-order chi connectivity index (χ0) is 23.6. The van der Waals surface area contributed by atoms with Crippen LogP contribution in [-0.2, 0) is 4.79 Å². The number of benzene rings is 2. The number of carbonyl (C=O) groups excluding carboxylic acids is 1. The molecule has 33 heavy (non-hydrogen) atoms. The molecule has 1 atom stereocenters. The monoisotopic (exact) mass is 490 g/mol. The van der Waals surface area contributed by atoms with Crippen LogP contribution >= 0.6 is 22.9 Å². The molecule has 0 spiro atoms. The molecule has 0 N–H and O–H groups in total. The SMILES string of the molecule is CCOc1ccc(N(C(=O)C2C=CC(F)(F)C=C2Cl)c2nc3ccccc3s2)cc1OCC. The van der Waals surface area contributed by atoms with Gasteiger partial charge in [0.05, 0.1) is 35.0 Å². The third-order valence-corrected chi connectivity index (χ3v) is 6.25. The van der Waals surface area contributed by atoms with Gasteiger partial charge in [-0.15, -0.1) is 0 Å². The van der Waals surface area contributed by atoms with Gasteiger partial charge in [-0.2, -0.15) is 8.78 Å². The van der Waals surface area contributed by atoms with Gasteiger partial charge in [0.1, 0.15) is 0 Å². The van der Waals surface area contributed by atoms with Crippen LogP contribution in [0.3, 0.4) is 0 Å². The number of hydrogen-bond acceptors (Lipinski definition) is 5. The number of para-hydroxylation sites is 1. The maximum absolute atomic E-state index is 13.7. The van der Waals surface area contributed by atoms with E-state index in [4.69, 9.17) is 21.1 Å². The second-order valence-electron chi connectivity index (χ2n) is 7.18. The van der Waals surface area contributed by atoms with Crippen molar-refractivity contribution in [3.05, 3.63) is 65.7 Å². The Morgan fingerprint density at radius 3 is 2.58 bits per heavy atom. The summed E-state index contributed by atoms with van der Waals surface area (Å²) in [6, 6.07) is 12.6. The molecule has 3 aromatic rings. The molecule has 1 aliphatic rings. The summed E-state index contributed by atoms with van der Waals surface area (Å²) in [4.78, 5) is 19.7. The van der Waals surface area contributed by atoms with Gasteiger partial charge in [0.25, 0.3) is 5.92 Å². The van der Waals surface area contributed by atoms with Crippen LogP contribution < -0.4 is 14.4 Å². The summed E-state index contributed by atoms with van der Waals surface area (Å²) in [5.74, 6) is -3.78. The van der Waals surface area contributed by atoms with Gasteiger partial charge in [-0.25, -0.2) is 4.98 Å². The first kappa shape index (κ1) is 23.2. The second kappa shape index (κ2) is 9.49. The number of amides is 1. The minimum atomic E-state index is -3.20. The number of thiazole rings is 1. The summed E-state index contributed by atoms with van der Waals surface area (Å²) in [7, 11) is 0. The van der Waals surface area contributed by atoms with E-state index in [1.807, 2.05) is 38.1 Å². The van der Waals surface area contributed by atoms with E-state index in [9.17, 15) is 13.6 Å². The Bertz CT molecular complexity index is 1210. The molecule has 1 aromatic heterocycles. The molecule has 5 nitrogen and oxygen atoms in total. The predicted octanol–water partition coefficient (Wildman–Crippen LogP) is 6.70. The molecule has 1 unspecified atom stereocenters. The lowest BCUT2D eigenvalue weighted by Crippen LogP contribution is -2.34. The number of hydrogen-bond donors (Lipinski definition) is 0. The van der Waals surface area contributed by atoms with Crippen molar-refractivity contribution in [1.29, 1.82) is 0 Å². The second-order valence-corrected chi connectivity index (χ2v) is 8.62. The molecule has 0 saturated heterocycles. The average Bonchev–Trinajstić information content (AvgIpc) is 3.18. The van der Waals surface area contributed by atoms with E-state index < -0.39 is 17.7 Å². The van der Waals surface area contributed by atoms with E-state index in [-0.39, 0.29) is 5.03 Å². The van der Waals surface area contributed by atoms with Crippen LogP contribution in [0.4, 0.5) is 19.6 Å². The highest BCUT2D eigenvalue weighted by Gasteiger charge is 2.36. The number of fused-ring (bicyclic) bond motifs is 1. The molecule has 1 aliphatic carbocycles. The minimum Gasteiger partial charge on any atom is -0.490 e. The van der Waals surface area contributed by atoms with Crippen molar-refractivity contribution in [1.82, 2.24) is 4.98 Å². The maximum atomic E-state index is 13.7. The first-order valence-electron chi connectivity index (χ1n) is 10.4. The Labute approximate surface area is 198 Å². The van der Waals surface area contributed by atoms with Gasteiger partial charge in [-0.1, -0.05) is 41.1 Å². The fourth-order valence-corrected chi connectivity index (χ4v) is 4.75. The number of aromatic nitrogens is 1. The summed E-state index contributed by atoms with van der Waals surface area (Å²) in [6.07, 6.45) is 2.41. The first-order valence-corrected chi connectivity index (χ1v) is 11.6. The molecule has 0 fully saturated rings. The van der Waals surface area contributed by atoms with Crippen LogP contribution in [0.25, 0.3) is 10.2 Å². The van der Waals surface area contributed by atoms with Crippen LogP contribution in [0.2, 0.25) is 0 Å². The van der Waals surface area contributed by atoms with Gasteiger partial charge in [0.15, 0.2) is 16.6 Å². The van der Waals surface area contributed by atoms with Crippen LogP contribution in [-0.4, -0.2) is 30.0 Å². The normalized spacial score (nSPS) is 17.0. The highest BCUT2D eigenvalue weighted by molar-refractivity contribution is 7.22.